The maximum atomic E-state index is 5.11. The highest BCUT2D eigenvalue weighted by Gasteiger charge is 2.04. The summed E-state index contributed by atoms with van der Waals surface area (Å²) in [5.41, 5.74) is 0. The van der Waals surface area contributed by atoms with Gasteiger partial charge in [-0.15, -0.1) is 35.3 Å². The van der Waals surface area contributed by atoms with Crippen molar-refractivity contribution in [2.24, 2.45) is 4.99 Å². The molecule has 1 rings (SSSR count). The molecule has 0 radical (unpaired) electrons. The molecule has 1 aromatic rings. The summed E-state index contributed by atoms with van der Waals surface area (Å²) in [6.45, 7) is 6.49. The van der Waals surface area contributed by atoms with E-state index >= 15 is 0 Å². The number of aliphatic imine (C=N–C) groups is 1. The van der Waals surface area contributed by atoms with E-state index in [0.717, 1.165) is 25.5 Å². The summed E-state index contributed by atoms with van der Waals surface area (Å²) >= 11 is 4.18. The number of ether oxygens (including phenoxy) is 1. The summed E-state index contributed by atoms with van der Waals surface area (Å²) in [4.78, 5) is 5.97. The van der Waals surface area contributed by atoms with E-state index in [1.54, 1.807) is 7.11 Å². The van der Waals surface area contributed by atoms with Gasteiger partial charge in [-0.05, 0) is 48.6 Å². The van der Waals surface area contributed by atoms with E-state index in [4.69, 9.17) is 4.74 Å². The average Bonchev–Trinajstić information content (AvgIpc) is 2.75. The quantitative estimate of drug-likeness (QED) is 0.328. The number of nitrogens with zero attached hydrogens (tertiary/aromatic N) is 1. The van der Waals surface area contributed by atoms with Crippen LogP contribution in [0, 0.1) is 2.88 Å². The molecule has 0 amide bonds. The Labute approximate surface area is 156 Å². The highest BCUT2D eigenvalue weighted by Crippen LogP contribution is 2.18. The van der Waals surface area contributed by atoms with Gasteiger partial charge in [0.05, 0.1) is 9.49 Å². The number of rotatable bonds is 7. The van der Waals surface area contributed by atoms with E-state index < -0.39 is 0 Å². The Bertz CT molecular complexity index is 399. The first-order valence-electron chi connectivity index (χ1n) is 6.43. The molecule has 0 saturated heterocycles. The number of hydrogen-bond donors (Lipinski definition) is 2. The predicted octanol–water partition coefficient (Wildman–Crippen LogP) is 3.10. The van der Waals surface area contributed by atoms with E-state index in [-0.39, 0.29) is 30.0 Å². The zero-order chi connectivity index (χ0) is 14.1. The molecule has 4 nitrogen and oxygen atoms in total. The summed E-state index contributed by atoms with van der Waals surface area (Å²) in [6.07, 6.45) is 0.989. The zero-order valence-corrected chi connectivity index (χ0v) is 17.4. The lowest BCUT2D eigenvalue weighted by atomic mass is 10.3. The lowest BCUT2D eigenvalue weighted by molar-refractivity contribution is 0.179. The van der Waals surface area contributed by atoms with Crippen LogP contribution in [0.25, 0.3) is 0 Å². The summed E-state index contributed by atoms with van der Waals surface area (Å²) in [5, 5.41) is 6.57. The second-order valence-electron chi connectivity index (χ2n) is 4.22. The lowest BCUT2D eigenvalue weighted by Gasteiger charge is -2.16. The van der Waals surface area contributed by atoms with Gasteiger partial charge in [0.25, 0.3) is 0 Å². The van der Waals surface area contributed by atoms with E-state index in [9.17, 15) is 0 Å². The summed E-state index contributed by atoms with van der Waals surface area (Å²) in [5.74, 6) is 0.860. The molecule has 0 aromatic carbocycles. The minimum atomic E-state index is 0. The Morgan fingerprint density at radius 3 is 2.80 bits per heavy atom. The number of hydrogen-bond acceptors (Lipinski definition) is 3. The summed E-state index contributed by atoms with van der Waals surface area (Å²) in [6, 6.07) is 4.58. The van der Waals surface area contributed by atoms with Crippen LogP contribution < -0.4 is 10.6 Å². The minimum Gasteiger partial charge on any atom is -0.383 e. The lowest BCUT2D eigenvalue weighted by Crippen LogP contribution is -2.44. The van der Waals surface area contributed by atoms with Gasteiger partial charge >= 0.3 is 0 Å². The SMILES string of the molecule is CCNC(=NCCc1ccc(I)s1)NC(C)COC.I. The smallest absolute Gasteiger partial charge is 0.191 e. The molecule has 0 bridgehead atoms. The molecular weight excluding hydrogens is 500 g/mol. The van der Waals surface area contributed by atoms with Crippen molar-refractivity contribution in [3.8, 4) is 0 Å². The number of halogens is 2. The van der Waals surface area contributed by atoms with Crippen LogP contribution in [0.15, 0.2) is 17.1 Å². The zero-order valence-electron chi connectivity index (χ0n) is 12.1. The molecule has 20 heavy (non-hydrogen) atoms. The highest BCUT2D eigenvalue weighted by atomic mass is 127. The molecule has 1 unspecified atom stereocenters. The normalized spacial score (nSPS) is 12.7. The minimum absolute atomic E-state index is 0. The van der Waals surface area contributed by atoms with Gasteiger partial charge in [0.1, 0.15) is 0 Å². The molecule has 2 N–H and O–H groups in total. The molecule has 0 aliphatic rings. The van der Waals surface area contributed by atoms with Crippen molar-refractivity contribution >= 4 is 63.9 Å². The largest absolute Gasteiger partial charge is 0.383 e. The van der Waals surface area contributed by atoms with Gasteiger partial charge in [-0.2, -0.15) is 0 Å². The van der Waals surface area contributed by atoms with Crippen LogP contribution in [-0.2, 0) is 11.2 Å². The van der Waals surface area contributed by atoms with Crippen molar-refractivity contribution < 1.29 is 4.74 Å². The van der Waals surface area contributed by atoms with Crippen molar-refractivity contribution in [3.05, 3.63) is 19.9 Å². The number of thiophene rings is 1. The molecule has 7 heteroatoms. The van der Waals surface area contributed by atoms with Crippen LogP contribution in [0.1, 0.15) is 18.7 Å². The van der Waals surface area contributed by atoms with Crippen LogP contribution in [0.2, 0.25) is 0 Å². The number of guanidine groups is 1. The topological polar surface area (TPSA) is 45.7 Å². The first kappa shape index (κ1) is 20.4. The van der Waals surface area contributed by atoms with Crippen LogP contribution in [-0.4, -0.2) is 38.8 Å². The van der Waals surface area contributed by atoms with Gasteiger partial charge in [0, 0.05) is 37.5 Å². The molecule has 0 aliphatic carbocycles. The first-order valence-corrected chi connectivity index (χ1v) is 8.33. The second kappa shape index (κ2) is 12.0. The second-order valence-corrected chi connectivity index (χ2v) is 7.28. The van der Waals surface area contributed by atoms with Crippen LogP contribution >= 0.6 is 57.9 Å². The molecule has 1 heterocycles. The van der Waals surface area contributed by atoms with Gasteiger partial charge < -0.3 is 15.4 Å². The molecule has 1 aromatic heterocycles. The Hall–Kier alpha value is 0.390. The van der Waals surface area contributed by atoms with Gasteiger partial charge in [0.2, 0.25) is 0 Å². The maximum absolute atomic E-state index is 5.11. The van der Waals surface area contributed by atoms with E-state index in [1.165, 1.54) is 7.76 Å². The maximum Gasteiger partial charge on any atom is 0.191 e. The molecule has 116 valence electrons. The van der Waals surface area contributed by atoms with Crippen molar-refractivity contribution in [2.45, 2.75) is 26.3 Å². The Kier molecular flexibility index (Phi) is 12.2. The van der Waals surface area contributed by atoms with Crippen molar-refractivity contribution in [1.29, 1.82) is 0 Å². The van der Waals surface area contributed by atoms with Crippen LogP contribution in [0.3, 0.4) is 0 Å². The molecule has 0 spiro atoms. The third-order valence-corrected chi connectivity index (χ3v) is 4.35. The van der Waals surface area contributed by atoms with E-state index in [2.05, 4.69) is 64.2 Å². The van der Waals surface area contributed by atoms with Gasteiger partial charge in [-0.3, -0.25) is 4.99 Å². The standard InChI is InChI=1S/C13H22IN3OS.HI/c1-4-15-13(17-10(2)9-18-3)16-8-7-11-5-6-12(14)19-11;/h5-6,10H,4,7-9H2,1-3H3,(H2,15,16,17);1H. The van der Waals surface area contributed by atoms with E-state index in [0.29, 0.717) is 6.61 Å². The van der Waals surface area contributed by atoms with Crippen LogP contribution in [0.4, 0.5) is 0 Å². The fourth-order valence-electron chi connectivity index (χ4n) is 1.61. The van der Waals surface area contributed by atoms with Crippen molar-refractivity contribution in [1.82, 2.24) is 10.6 Å². The Balaban J connectivity index is 0.00000361. The first-order chi connectivity index (χ1) is 9.15. The molecule has 0 saturated carbocycles. The Morgan fingerprint density at radius 2 is 2.25 bits per heavy atom. The van der Waals surface area contributed by atoms with Gasteiger partial charge in [-0.1, -0.05) is 0 Å². The van der Waals surface area contributed by atoms with Crippen molar-refractivity contribution in [3.63, 3.8) is 0 Å². The summed E-state index contributed by atoms with van der Waals surface area (Å²) in [7, 11) is 1.71. The fourth-order valence-corrected chi connectivity index (χ4v) is 3.35. The molecular formula is C13H23I2N3OS. The average molecular weight is 523 g/mol. The summed E-state index contributed by atoms with van der Waals surface area (Å²) < 4.78 is 6.44. The third-order valence-electron chi connectivity index (χ3n) is 2.40. The van der Waals surface area contributed by atoms with Gasteiger partial charge in [-0.25, -0.2) is 0 Å². The monoisotopic (exact) mass is 523 g/mol. The third kappa shape index (κ3) is 8.63. The van der Waals surface area contributed by atoms with Crippen molar-refractivity contribution in [2.75, 3.05) is 26.8 Å². The van der Waals surface area contributed by atoms with Crippen LogP contribution in [0.5, 0.6) is 0 Å². The predicted molar refractivity (Wildman–Crippen MR) is 107 cm³/mol. The fraction of sp³-hybridized carbons (Fsp3) is 0.615. The molecule has 1 atom stereocenters. The van der Waals surface area contributed by atoms with Gasteiger partial charge in [0.15, 0.2) is 5.96 Å². The highest BCUT2D eigenvalue weighted by molar-refractivity contribution is 14.1. The van der Waals surface area contributed by atoms with E-state index in [1.807, 2.05) is 11.3 Å². The number of methoxy groups -OCH3 is 1. The molecule has 0 aliphatic heterocycles. The number of nitrogens with one attached hydrogen (secondary N) is 2. The Morgan fingerprint density at radius 1 is 1.50 bits per heavy atom. The molecule has 0 fully saturated rings.